The summed E-state index contributed by atoms with van der Waals surface area (Å²) in [6.45, 7) is 6.83. The Kier molecular flexibility index (Phi) is 10.3. The number of fused-ring (bicyclic) bond motifs is 4. The molecule has 0 N–H and O–H groups in total. The lowest BCUT2D eigenvalue weighted by Gasteiger charge is -2.29. The number of aliphatic imine (C=N–C) groups is 1. The van der Waals surface area contributed by atoms with Gasteiger partial charge in [-0.2, -0.15) is 0 Å². The van der Waals surface area contributed by atoms with E-state index in [-0.39, 0.29) is 11.5 Å². The number of unbranched alkanes of at least 4 members (excludes halogenated alkanes) is 1. The summed E-state index contributed by atoms with van der Waals surface area (Å²) in [5.41, 5.74) is 13.9. The lowest BCUT2D eigenvalue weighted by molar-refractivity contribution is 0.599. The Morgan fingerprint density at radius 3 is 2.16 bits per heavy atom. The van der Waals surface area contributed by atoms with Crippen LogP contribution in [0.25, 0.3) is 60.5 Å². The molecule has 2 atom stereocenters. The summed E-state index contributed by atoms with van der Waals surface area (Å²) in [6, 6.07) is 58.9. The van der Waals surface area contributed by atoms with Crippen LogP contribution in [0.3, 0.4) is 0 Å². The van der Waals surface area contributed by atoms with Crippen LogP contribution in [0.5, 0.6) is 0 Å². The molecule has 1 aliphatic rings. The first-order chi connectivity index (χ1) is 28.5. The van der Waals surface area contributed by atoms with Gasteiger partial charge in [0.2, 0.25) is 0 Å². The van der Waals surface area contributed by atoms with E-state index < -0.39 is 0 Å². The molecule has 9 rings (SSSR count). The number of nitrogens with zero attached hydrogens (tertiary/aromatic N) is 1. The molecule has 0 amide bonds. The summed E-state index contributed by atoms with van der Waals surface area (Å²) in [6.07, 6.45) is 13.6. The number of furan rings is 1. The van der Waals surface area contributed by atoms with E-state index in [9.17, 15) is 0 Å². The first-order valence-electron chi connectivity index (χ1n) is 20.8. The zero-order valence-corrected chi connectivity index (χ0v) is 33.7. The third-order valence-electron chi connectivity index (χ3n) is 12.0. The first-order valence-corrected chi connectivity index (χ1v) is 20.8. The molecule has 8 aromatic rings. The molecule has 2 nitrogen and oxygen atoms in total. The van der Waals surface area contributed by atoms with Crippen molar-refractivity contribution in [3.63, 3.8) is 0 Å². The van der Waals surface area contributed by atoms with Gasteiger partial charge in [0.05, 0.1) is 11.8 Å². The summed E-state index contributed by atoms with van der Waals surface area (Å²) >= 11 is 0. The van der Waals surface area contributed by atoms with E-state index in [4.69, 9.17) is 9.41 Å². The Hall–Kier alpha value is -6.51. The molecule has 0 spiro atoms. The molecule has 2 unspecified atom stereocenters. The van der Waals surface area contributed by atoms with Crippen molar-refractivity contribution in [2.45, 2.75) is 57.9 Å². The molecule has 0 saturated heterocycles. The minimum absolute atomic E-state index is 0.0209. The van der Waals surface area contributed by atoms with Gasteiger partial charge in [-0.3, -0.25) is 4.99 Å². The van der Waals surface area contributed by atoms with Crippen molar-refractivity contribution in [3.8, 4) is 22.3 Å². The molecular formula is C56H49NO. The highest BCUT2D eigenvalue weighted by atomic mass is 16.3. The van der Waals surface area contributed by atoms with Crippen LogP contribution in [-0.2, 0) is 5.41 Å². The van der Waals surface area contributed by atoms with E-state index in [1.54, 1.807) is 0 Å². The molecule has 1 heterocycles. The first kappa shape index (κ1) is 37.1. The lowest BCUT2D eigenvalue weighted by Crippen LogP contribution is -2.21. The number of benzene rings is 7. The zero-order chi connectivity index (χ0) is 39.5. The highest BCUT2D eigenvalue weighted by molar-refractivity contribution is 6.14. The third-order valence-corrected chi connectivity index (χ3v) is 12.0. The number of allylic oxidation sites excluding steroid dienone is 6. The van der Waals surface area contributed by atoms with Crippen LogP contribution < -0.4 is 0 Å². The fraction of sp³-hybridized carbons (Fsp3) is 0.161. The normalized spacial score (nSPS) is 16.6. The molecule has 0 aliphatic heterocycles. The van der Waals surface area contributed by atoms with Gasteiger partial charge in [-0.05, 0) is 105 Å². The van der Waals surface area contributed by atoms with Gasteiger partial charge in [-0.15, -0.1) is 0 Å². The second-order valence-corrected chi connectivity index (χ2v) is 16.0. The van der Waals surface area contributed by atoms with Gasteiger partial charge in [0, 0.05) is 16.2 Å². The third kappa shape index (κ3) is 7.51. The molecule has 0 bridgehead atoms. The van der Waals surface area contributed by atoms with Gasteiger partial charge in [0.25, 0.3) is 0 Å². The highest BCUT2D eigenvalue weighted by Crippen LogP contribution is 2.39. The van der Waals surface area contributed by atoms with Crippen LogP contribution >= 0.6 is 0 Å². The van der Waals surface area contributed by atoms with Crippen LogP contribution in [0.2, 0.25) is 0 Å². The number of rotatable bonds is 11. The lowest BCUT2D eigenvalue weighted by atomic mass is 9.75. The van der Waals surface area contributed by atoms with E-state index in [0.29, 0.717) is 0 Å². The largest absolute Gasteiger partial charge is 0.456 e. The van der Waals surface area contributed by atoms with Crippen molar-refractivity contribution in [1.29, 1.82) is 0 Å². The molecular weight excluding hydrogens is 703 g/mol. The predicted octanol–water partition coefficient (Wildman–Crippen LogP) is 15.7. The topological polar surface area (TPSA) is 25.5 Å². The van der Waals surface area contributed by atoms with Gasteiger partial charge >= 0.3 is 0 Å². The second-order valence-electron chi connectivity index (χ2n) is 16.0. The van der Waals surface area contributed by atoms with Crippen molar-refractivity contribution in [2.75, 3.05) is 0 Å². The number of hydrogen-bond donors (Lipinski definition) is 0. The Morgan fingerprint density at radius 2 is 1.40 bits per heavy atom. The fourth-order valence-corrected chi connectivity index (χ4v) is 8.46. The maximum atomic E-state index is 6.18. The molecule has 2 heteroatoms. The molecule has 284 valence electrons. The monoisotopic (exact) mass is 751 g/mol. The minimum atomic E-state index is -0.0898. The maximum Gasteiger partial charge on any atom is 0.136 e. The Morgan fingerprint density at radius 1 is 0.707 bits per heavy atom. The SMILES string of the molecule is CCCC/C(=C\C(=NC(C)c1ccccc1)C1=CCC(C)(c2ccc3ccccc3c2)C=C1)c1ccc(-c2ccc(-c3cccc4oc5ccccc5c34)cc2)cc1. The molecule has 0 fully saturated rings. The molecule has 58 heavy (non-hydrogen) atoms. The van der Waals surface area contributed by atoms with Crippen LogP contribution in [0.4, 0.5) is 0 Å². The molecule has 0 saturated carbocycles. The van der Waals surface area contributed by atoms with E-state index in [1.807, 2.05) is 12.1 Å². The van der Waals surface area contributed by atoms with Crippen molar-refractivity contribution in [1.82, 2.24) is 0 Å². The van der Waals surface area contributed by atoms with Crippen LogP contribution in [0.1, 0.15) is 69.2 Å². The van der Waals surface area contributed by atoms with Gasteiger partial charge in [0.1, 0.15) is 11.2 Å². The van der Waals surface area contributed by atoms with E-state index in [0.717, 1.165) is 47.9 Å². The molecule has 1 aromatic heterocycles. The van der Waals surface area contributed by atoms with Crippen molar-refractivity contribution >= 4 is 44.0 Å². The molecule has 7 aromatic carbocycles. The van der Waals surface area contributed by atoms with Crippen molar-refractivity contribution < 1.29 is 4.42 Å². The standard InChI is InChI=1S/C56H49NO/c1-4-5-14-48(44-25-23-42(24-26-44)43-27-29-45(30-28-43)50-20-13-22-54-55(50)51-19-11-12-21-53(51)58-54)38-52(57-39(2)40-15-7-6-8-16-40)46-33-35-56(3,36-34-46)49-32-31-41-17-9-10-18-47(41)37-49/h6-13,15-35,37-39H,4-5,14,36H2,1-3H3/b48-38+,57-52?. The average Bonchev–Trinajstić information content (AvgIpc) is 3.67. The summed E-state index contributed by atoms with van der Waals surface area (Å²) in [4.78, 5) is 5.45. The van der Waals surface area contributed by atoms with E-state index in [2.05, 4.69) is 197 Å². The van der Waals surface area contributed by atoms with Crippen LogP contribution in [0.15, 0.2) is 203 Å². The number of para-hydroxylation sites is 1. The summed E-state index contributed by atoms with van der Waals surface area (Å²) in [5, 5.41) is 4.88. The highest BCUT2D eigenvalue weighted by Gasteiger charge is 2.26. The fourth-order valence-electron chi connectivity index (χ4n) is 8.46. The molecule has 1 aliphatic carbocycles. The van der Waals surface area contributed by atoms with Gasteiger partial charge in [-0.1, -0.05) is 190 Å². The Labute approximate surface area is 342 Å². The van der Waals surface area contributed by atoms with Gasteiger partial charge < -0.3 is 4.42 Å². The quantitative estimate of drug-likeness (QED) is 0.121. The van der Waals surface area contributed by atoms with Crippen molar-refractivity contribution in [3.05, 3.63) is 210 Å². The Bertz CT molecular complexity index is 2850. The van der Waals surface area contributed by atoms with Crippen molar-refractivity contribution in [2.24, 2.45) is 4.99 Å². The smallest absolute Gasteiger partial charge is 0.136 e. The Balaban J connectivity index is 1.02. The summed E-state index contributed by atoms with van der Waals surface area (Å²) in [5.74, 6) is 0. The average molecular weight is 752 g/mol. The summed E-state index contributed by atoms with van der Waals surface area (Å²) in [7, 11) is 0. The predicted molar refractivity (Wildman–Crippen MR) is 248 cm³/mol. The number of hydrogen-bond acceptors (Lipinski definition) is 2. The van der Waals surface area contributed by atoms with E-state index in [1.165, 1.54) is 66.2 Å². The van der Waals surface area contributed by atoms with E-state index >= 15 is 0 Å². The van der Waals surface area contributed by atoms with Gasteiger partial charge in [0.15, 0.2) is 0 Å². The summed E-state index contributed by atoms with van der Waals surface area (Å²) < 4.78 is 6.18. The maximum absolute atomic E-state index is 6.18. The minimum Gasteiger partial charge on any atom is -0.456 e. The van der Waals surface area contributed by atoms with Gasteiger partial charge in [-0.25, -0.2) is 0 Å². The van der Waals surface area contributed by atoms with Crippen LogP contribution in [0, 0.1) is 0 Å². The van der Waals surface area contributed by atoms with Crippen LogP contribution in [-0.4, -0.2) is 5.71 Å². The zero-order valence-electron chi connectivity index (χ0n) is 33.7. The second kappa shape index (κ2) is 16.2. The molecule has 0 radical (unpaired) electrons.